The van der Waals surface area contributed by atoms with Crippen LogP contribution < -0.4 is 15.6 Å². The summed E-state index contributed by atoms with van der Waals surface area (Å²) in [6.07, 6.45) is 9.94. The average Bonchev–Trinajstić information content (AvgIpc) is 2.77. The number of nitrogens with one attached hydrogen (secondary N) is 1. The highest BCUT2D eigenvalue weighted by Gasteiger charge is 2.24. The van der Waals surface area contributed by atoms with Crippen molar-refractivity contribution in [2.24, 2.45) is 5.92 Å². The van der Waals surface area contributed by atoms with E-state index < -0.39 is 11.9 Å². The fraction of sp³-hybridized carbons (Fsp3) is 0.480. The minimum atomic E-state index is -0.467. The number of para-hydroxylation sites is 2. The third kappa shape index (κ3) is 4.89. The van der Waals surface area contributed by atoms with Crippen LogP contribution in [-0.4, -0.2) is 16.4 Å². The number of hydrogen-bond donors (Lipinski definition) is 1. The molecule has 0 spiro atoms. The molecular weight excluding hydrogens is 392 g/mol. The lowest BCUT2D eigenvalue weighted by atomic mass is 9.88. The molecule has 31 heavy (non-hydrogen) atoms. The topological polar surface area (TPSA) is 77.4 Å². The van der Waals surface area contributed by atoms with Crippen LogP contribution in [0, 0.1) is 5.92 Å². The standard InChI is InChI=1S/C25H30N2O4/c1-17(28)31-23-14-8-6-12-21(23)26-24(29)20-15-19-11-5-7-13-22(19)27(25(20)30)16-18-9-3-2-4-10-18/h6,8,12,14-15,18H,2-5,7,9-11,13,16H2,1H3,(H,26,29). The van der Waals surface area contributed by atoms with Crippen LogP contribution in [0.3, 0.4) is 0 Å². The van der Waals surface area contributed by atoms with Gasteiger partial charge in [0.15, 0.2) is 5.75 Å². The molecule has 0 radical (unpaired) electrons. The van der Waals surface area contributed by atoms with Crippen LogP contribution in [0.15, 0.2) is 35.1 Å². The van der Waals surface area contributed by atoms with Crippen molar-refractivity contribution in [2.75, 3.05) is 5.32 Å². The van der Waals surface area contributed by atoms with Crippen molar-refractivity contribution in [3.8, 4) is 5.75 Å². The molecular formula is C25H30N2O4. The van der Waals surface area contributed by atoms with Crippen molar-refractivity contribution in [3.63, 3.8) is 0 Å². The Balaban J connectivity index is 1.66. The van der Waals surface area contributed by atoms with E-state index in [-0.39, 0.29) is 16.9 Å². The maximum atomic E-state index is 13.4. The fourth-order valence-electron chi connectivity index (χ4n) is 4.87. The van der Waals surface area contributed by atoms with Crippen LogP contribution in [0.5, 0.6) is 5.75 Å². The first-order chi connectivity index (χ1) is 15.0. The molecule has 1 N–H and O–H groups in total. The molecule has 6 heteroatoms. The number of hydrogen-bond acceptors (Lipinski definition) is 4. The number of benzene rings is 1. The average molecular weight is 423 g/mol. The molecule has 1 aromatic carbocycles. The van der Waals surface area contributed by atoms with Crippen LogP contribution in [-0.2, 0) is 24.2 Å². The van der Waals surface area contributed by atoms with E-state index in [1.165, 1.54) is 26.2 Å². The molecule has 1 heterocycles. The number of esters is 1. The Kier molecular flexibility index (Phi) is 6.54. The highest BCUT2D eigenvalue weighted by atomic mass is 16.5. The van der Waals surface area contributed by atoms with Gasteiger partial charge in [0.2, 0.25) is 0 Å². The van der Waals surface area contributed by atoms with Gasteiger partial charge in [-0.15, -0.1) is 0 Å². The molecule has 0 aliphatic heterocycles. The maximum Gasteiger partial charge on any atom is 0.308 e. The Morgan fingerprint density at radius 1 is 1.06 bits per heavy atom. The molecule has 1 amide bonds. The molecule has 164 valence electrons. The van der Waals surface area contributed by atoms with Gasteiger partial charge in [-0.3, -0.25) is 14.4 Å². The van der Waals surface area contributed by atoms with Crippen molar-refractivity contribution < 1.29 is 14.3 Å². The molecule has 2 aromatic rings. The molecule has 1 aromatic heterocycles. The Bertz CT molecular complexity index is 1030. The van der Waals surface area contributed by atoms with Crippen molar-refractivity contribution in [2.45, 2.75) is 71.3 Å². The van der Waals surface area contributed by atoms with E-state index in [1.807, 2.05) is 4.57 Å². The molecule has 6 nitrogen and oxygen atoms in total. The van der Waals surface area contributed by atoms with Crippen molar-refractivity contribution >= 4 is 17.6 Å². The zero-order valence-corrected chi connectivity index (χ0v) is 18.1. The minimum Gasteiger partial charge on any atom is -0.424 e. The van der Waals surface area contributed by atoms with Gasteiger partial charge in [0.25, 0.3) is 11.5 Å². The number of anilines is 1. The Morgan fingerprint density at radius 2 is 1.81 bits per heavy atom. The molecule has 2 aliphatic rings. The summed E-state index contributed by atoms with van der Waals surface area (Å²) in [6, 6.07) is 8.53. The van der Waals surface area contributed by atoms with E-state index in [2.05, 4.69) is 5.32 Å². The lowest BCUT2D eigenvalue weighted by molar-refractivity contribution is -0.131. The maximum absolute atomic E-state index is 13.4. The number of carbonyl (C=O) groups is 2. The van der Waals surface area contributed by atoms with Crippen LogP contribution in [0.1, 0.15) is 73.5 Å². The number of amides is 1. The van der Waals surface area contributed by atoms with Gasteiger partial charge in [-0.05, 0) is 68.2 Å². The first-order valence-electron chi connectivity index (χ1n) is 11.4. The van der Waals surface area contributed by atoms with E-state index in [9.17, 15) is 14.4 Å². The second-order valence-electron chi connectivity index (χ2n) is 8.70. The summed E-state index contributed by atoms with van der Waals surface area (Å²) in [6.45, 7) is 2.01. The lowest BCUT2D eigenvalue weighted by Gasteiger charge is -2.27. The monoisotopic (exact) mass is 422 g/mol. The number of nitrogens with zero attached hydrogens (tertiary/aromatic N) is 1. The number of aromatic nitrogens is 1. The summed E-state index contributed by atoms with van der Waals surface area (Å²) in [4.78, 5) is 37.9. The Labute approximate surface area is 182 Å². The predicted molar refractivity (Wildman–Crippen MR) is 120 cm³/mol. The summed E-state index contributed by atoms with van der Waals surface area (Å²) in [7, 11) is 0. The van der Waals surface area contributed by atoms with Gasteiger partial charge in [-0.25, -0.2) is 0 Å². The number of aryl methyl sites for hydroxylation is 1. The highest BCUT2D eigenvalue weighted by Crippen LogP contribution is 2.28. The van der Waals surface area contributed by atoms with Gasteiger partial charge in [-0.1, -0.05) is 31.4 Å². The summed E-state index contributed by atoms with van der Waals surface area (Å²) in [5.41, 5.74) is 2.54. The van der Waals surface area contributed by atoms with E-state index in [0.29, 0.717) is 18.2 Å². The van der Waals surface area contributed by atoms with Gasteiger partial charge in [0, 0.05) is 19.2 Å². The Hall–Kier alpha value is -2.89. The van der Waals surface area contributed by atoms with Crippen LogP contribution in [0.4, 0.5) is 5.69 Å². The number of pyridine rings is 1. The molecule has 0 bridgehead atoms. The number of ether oxygens (including phenoxy) is 1. The third-order valence-corrected chi connectivity index (χ3v) is 6.40. The number of carbonyl (C=O) groups excluding carboxylic acids is 2. The summed E-state index contributed by atoms with van der Waals surface area (Å²) in [5, 5.41) is 2.78. The third-order valence-electron chi connectivity index (χ3n) is 6.40. The fourth-order valence-corrected chi connectivity index (χ4v) is 4.87. The number of fused-ring (bicyclic) bond motifs is 1. The minimum absolute atomic E-state index is 0.161. The molecule has 0 saturated heterocycles. The van der Waals surface area contributed by atoms with Crippen LogP contribution >= 0.6 is 0 Å². The van der Waals surface area contributed by atoms with Gasteiger partial charge >= 0.3 is 5.97 Å². The molecule has 1 fully saturated rings. The van der Waals surface area contributed by atoms with Gasteiger partial charge in [0.1, 0.15) is 5.56 Å². The lowest BCUT2D eigenvalue weighted by Crippen LogP contribution is -2.35. The molecule has 0 unspecified atom stereocenters. The highest BCUT2D eigenvalue weighted by molar-refractivity contribution is 6.05. The zero-order valence-electron chi connectivity index (χ0n) is 18.1. The van der Waals surface area contributed by atoms with E-state index in [1.54, 1.807) is 30.3 Å². The quantitative estimate of drug-likeness (QED) is 0.569. The van der Waals surface area contributed by atoms with Gasteiger partial charge < -0.3 is 14.6 Å². The summed E-state index contributed by atoms with van der Waals surface area (Å²) in [5.74, 6) is -0.162. The molecule has 2 aliphatic carbocycles. The summed E-state index contributed by atoms with van der Waals surface area (Å²) < 4.78 is 7.08. The van der Waals surface area contributed by atoms with E-state index in [0.717, 1.165) is 49.8 Å². The first kappa shape index (κ1) is 21.3. The van der Waals surface area contributed by atoms with E-state index in [4.69, 9.17) is 4.74 Å². The molecule has 1 saturated carbocycles. The zero-order chi connectivity index (χ0) is 21.8. The van der Waals surface area contributed by atoms with Crippen molar-refractivity contribution in [1.82, 2.24) is 4.57 Å². The predicted octanol–water partition coefficient (Wildman–Crippen LogP) is 4.49. The SMILES string of the molecule is CC(=O)Oc1ccccc1NC(=O)c1cc2c(n(CC3CCCCC3)c1=O)CCCC2. The normalized spacial score (nSPS) is 16.4. The first-order valence-corrected chi connectivity index (χ1v) is 11.4. The van der Waals surface area contributed by atoms with Gasteiger partial charge in [0.05, 0.1) is 5.69 Å². The van der Waals surface area contributed by atoms with Crippen LogP contribution in [0.25, 0.3) is 0 Å². The Morgan fingerprint density at radius 3 is 2.58 bits per heavy atom. The molecule has 0 atom stereocenters. The summed E-state index contributed by atoms with van der Waals surface area (Å²) >= 11 is 0. The largest absolute Gasteiger partial charge is 0.424 e. The second kappa shape index (κ2) is 9.50. The van der Waals surface area contributed by atoms with Crippen LogP contribution in [0.2, 0.25) is 0 Å². The van der Waals surface area contributed by atoms with Crippen molar-refractivity contribution in [3.05, 3.63) is 57.5 Å². The molecule has 4 rings (SSSR count). The van der Waals surface area contributed by atoms with E-state index >= 15 is 0 Å². The smallest absolute Gasteiger partial charge is 0.308 e. The van der Waals surface area contributed by atoms with Crippen molar-refractivity contribution in [1.29, 1.82) is 0 Å². The number of rotatable bonds is 5. The van der Waals surface area contributed by atoms with Gasteiger partial charge in [-0.2, -0.15) is 0 Å². The second-order valence-corrected chi connectivity index (χ2v) is 8.70.